The maximum absolute atomic E-state index is 11.2. The van der Waals surface area contributed by atoms with E-state index in [0.29, 0.717) is 12.8 Å². The Labute approximate surface area is 147 Å². The summed E-state index contributed by atoms with van der Waals surface area (Å²) in [6.07, 6.45) is 4.38. The van der Waals surface area contributed by atoms with Crippen LogP contribution in [0.2, 0.25) is 0 Å². The summed E-state index contributed by atoms with van der Waals surface area (Å²) in [5.41, 5.74) is 2.21. The molecule has 3 heterocycles. The first kappa shape index (κ1) is 17.1. The van der Waals surface area contributed by atoms with E-state index in [1.54, 1.807) is 0 Å². The molecular weight excluding hydrogens is 320 g/mol. The monoisotopic (exact) mass is 344 g/mol. The molecule has 0 radical (unpaired) electrons. The van der Waals surface area contributed by atoms with Gasteiger partial charge in [0.05, 0.1) is 17.7 Å². The molecule has 1 unspecified atom stereocenters. The first-order valence-corrected chi connectivity index (χ1v) is 9.38. The highest BCUT2D eigenvalue weighted by Gasteiger charge is 2.31. The Kier molecular flexibility index (Phi) is 5.31. The lowest BCUT2D eigenvalue weighted by molar-refractivity contribution is -0.143. The summed E-state index contributed by atoms with van der Waals surface area (Å²) in [6.45, 7) is 5.82. The number of aliphatic carboxylic acids is 1. The van der Waals surface area contributed by atoms with Gasteiger partial charge in [0.25, 0.3) is 0 Å². The fraction of sp³-hybridized carbons (Fsp3) is 0.474. The molecule has 1 N–H and O–H groups in total. The van der Waals surface area contributed by atoms with E-state index in [2.05, 4.69) is 41.1 Å². The number of hydrogen-bond acceptors (Lipinski definition) is 4. The van der Waals surface area contributed by atoms with E-state index in [-0.39, 0.29) is 12.0 Å². The maximum Gasteiger partial charge on any atom is 0.306 e. The Bertz CT molecular complexity index is 688. The van der Waals surface area contributed by atoms with Crippen LogP contribution in [0, 0.1) is 12.8 Å². The van der Waals surface area contributed by atoms with Crippen molar-refractivity contribution in [2.24, 2.45) is 5.92 Å². The molecule has 3 rings (SSSR count). The second-order valence-electron chi connectivity index (χ2n) is 6.47. The molecule has 1 aliphatic heterocycles. The molecule has 4 nitrogen and oxygen atoms in total. The van der Waals surface area contributed by atoms with Gasteiger partial charge in [-0.1, -0.05) is 13.0 Å². The summed E-state index contributed by atoms with van der Waals surface area (Å²) in [7, 11) is 0. The van der Waals surface area contributed by atoms with Crippen LogP contribution in [-0.2, 0) is 11.2 Å². The topological polar surface area (TPSA) is 53.4 Å². The van der Waals surface area contributed by atoms with Crippen LogP contribution in [0.4, 0.5) is 0 Å². The van der Waals surface area contributed by atoms with Crippen LogP contribution in [0.5, 0.6) is 0 Å². The van der Waals surface area contributed by atoms with Gasteiger partial charge in [-0.3, -0.25) is 14.7 Å². The normalized spacial score (nSPS) is 17.8. The second-order valence-corrected chi connectivity index (χ2v) is 7.67. The van der Waals surface area contributed by atoms with E-state index >= 15 is 0 Å². The van der Waals surface area contributed by atoms with Crippen LogP contribution in [0.15, 0.2) is 30.5 Å². The third kappa shape index (κ3) is 3.68. The number of carbonyl (C=O) groups is 1. The number of nitrogens with zero attached hydrogens (tertiary/aromatic N) is 2. The maximum atomic E-state index is 11.2. The van der Waals surface area contributed by atoms with Crippen LogP contribution in [0.1, 0.15) is 46.8 Å². The molecule has 128 valence electrons. The molecule has 5 heteroatoms. The number of aromatic nitrogens is 1. The van der Waals surface area contributed by atoms with Crippen molar-refractivity contribution in [2.75, 3.05) is 13.1 Å². The number of rotatable bonds is 5. The zero-order valence-electron chi connectivity index (χ0n) is 14.2. The fourth-order valence-electron chi connectivity index (χ4n) is 3.29. The molecule has 0 bridgehead atoms. The van der Waals surface area contributed by atoms with Crippen molar-refractivity contribution >= 4 is 17.3 Å². The zero-order chi connectivity index (χ0) is 17.1. The zero-order valence-corrected chi connectivity index (χ0v) is 15.1. The third-order valence-electron chi connectivity index (χ3n) is 4.76. The molecule has 0 aromatic carbocycles. The van der Waals surface area contributed by atoms with Gasteiger partial charge in [0.15, 0.2) is 0 Å². The minimum atomic E-state index is -0.663. The van der Waals surface area contributed by atoms with Crippen LogP contribution < -0.4 is 0 Å². The summed E-state index contributed by atoms with van der Waals surface area (Å²) in [5.74, 6) is -0.869. The number of carboxylic acid groups (broad SMARTS) is 1. The van der Waals surface area contributed by atoms with Crippen molar-refractivity contribution in [3.05, 3.63) is 51.5 Å². The lowest BCUT2D eigenvalue weighted by Gasteiger charge is -2.35. The van der Waals surface area contributed by atoms with Gasteiger partial charge < -0.3 is 5.11 Å². The molecule has 1 fully saturated rings. The number of pyridine rings is 1. The number of thiophene rings is 1. The molecule has 0 spiro atoms. The average Bonchev–Trinajstić information content (AvgIpc) is 3.06. The van der Waals surface area contributed by atoms with E-state index in [1.807, 2.05) is 24.5 Å². The Balaban J connectivity index is 1.87. The van der Waals surface area contributed by atoms with Crippen molar-refractivity contribution in [3.63, 3.8) is 0 Å². The first-order valence-electron chi connectivity index (χ1n) is 8.56. The van der Waals surface area contributed by atoms with Gasteiger partial charge in [-0.05, 0) is 63.0 Å². The van der Waals surface area contributed by atoms with Crippen molar-refractivity contribution in [1.29, 1.82) is 0 Å². The summed E-state index contributed by atoms with van der Waals surface area (Å²) < 4.78 is 0. The highest BCUT2D eigenvalue weighted by molar-refractivity contribution is 7.12. The van der Waals surface area contributed by atoms with Gasteiger partial charge in [-0.25, -0.2) is 0 Å². The summed E-state index contributed by atoms with van der Waals surface area (Å²) in [4.78, 5) is 21.0. The van der Waals surface area contributed by atoms with E-state index in [0.717, 1.165) is 30.8 Å². The second kappa shape index (κ2) is 7.45. The molecule has 0 amide bonds. The Hall–Kier alpha value is -1.72. The molecule has 1 aliphatic rings. The SMILES string of the molecule is CCc1ccc(C(c2ccc(C)cn2)N2CCC(C(=O)O)CC2)s1. The molecule has 2 aromatic heterocycles. The smallest absolute Gasteiger partial charge is 0.306 e. The highest BCUT2D eigenvalue weighted by atomic mass is 32.1. The highest BCUT2D eigenvalue weighted by Crippen LogP contribution is 2.35. The number of piperidine rings is 1. The van der Waals surface area contributed by atoms with Gasteiger partial charge in [0.2, 0.25) is 0 Å². The number of hydrogen-bond donors (Lipinski definition) is 1. The van der Waals surface area contributed by atoms with Gasteiger partial charge in [-0.2, -0.15) is 0 Å². The molecule has 1 saturated heterocycles. The van der Waals surface area contributed by atoms with Crippen LogP contribution in [0.25, 0.3) is 0 Å². The molecule has 0 aliphatic carbocycles. The Morgan fingerprint density at radius 2 is 2.08 bits per heavy atom. The van der Waals surface area contributed by atoms with E-state index < -0.39 is 5.97 Å². The molecule has 1 atom stereocenters. The van der Waals surface area contributed by atoms with Crippen LogP contribution >= 0.6 is 11.3 Å². The number of likely N-dealkylation sites (tertiary alicyclic amines) is 1. The van der Waals surface area contributed by atoms with Crippen molar-refractivity contribution in [2.45, 2.75) is 39.2 Å². The van der Waals surface area contributed by atoms with Gasteiger partial charge in [0, 0.05) is 16.0 Å². The van der Waals surface area contributed by atoms with Crippen LogP contribution in [-0.4, -0.2) is 34.0 Å². The van der Waals surface area contributed by atoms with Gasteiger partial charge >= 0.3 is 5.97 Å². The van der Waals surface area contributed by atoms with E-state index in [9.17, 15) is 9.90 Å². The molecule has 2 aromatic rings. The van der Waals surface area contributed by atoms with Gasteiger partial charge in [-0.15, -0.1) is 11.3 Å². The number of carboxylic acids is 1. The van der Waals surface area contributed by atoms with Gasteiger partial charge in [0.1, 0.15) is 0 Å². The predicted octanol–water partition coefficient (Wildman–Crippen LogP) is 3.90. The van der Waals surface area contributed by atoms with Crippen molar-refractivity contribution in [1.82, 2.24) is 9.88 Å². The van der Waals surface area contributed by atoms with Crippen molar-refractivity contribution in [3.8, 4) is 0 Å². The summed E-state index contributed by atoms with van der Waals surface area (Å²) in [6, 6.07) is 8.75. The molecular formula is C19H24N2O2S. The Morgan fingerprint density at radius 3 is 2.62 bits per heavy atom. The standard InChI is InChI=1S/C19H24N2O2S/c1-3-15-5-7-17(24-15)18(16-6-4-13(2)12-20-16)21-10-8-14(9-11-21)19(22)23/h4-7,12,14,18H,3,8-11H2,1-2H3,(H,22,23). The Morgan fingerprint density at radius 1 is 1.33 bits per heavy atom. The first-order chi connectivity index (χ1) is 11.6. The minimum absolute atomic E-state index is 0.130. The van der Waals surface area contributed by atoms with E-state index in [4.69, 9.17) is 0 Å². The lowest BCUT2D eigenvalue weighted by Crippen LogP contribution is -2.39. The minimum Gasteiger partial charge on any atom is -0.481 e. The van der Waals surface area contributed by atoms with E-state index in [1.165, 1.54) is 9.75 Å². The fourth-order valence-corrected chi connectivity index (χ4v) is 4.39. The third-order valence-corrected chi connectivity index (χ3v) is 6.04. The number of aryl methyl sites for hydroxylation is 2. The largest absolute Gasteiger partial charge is 0.481 e. The average molecular weight is 344 g/mol. The predicted molar refractivity (Wildman–Crippen MR) is 96.4 cm³/mol. The molecule has 0 saturated carbocycles. The van der Waals surface area contributed by atoms with Crippen LogP contribution in [0.3, 0.4) is 0 Å². The molecule has 24 heavy (non-hydrogen) atoms. The summed E-state index contributed by atoms with van der Waals surface area (Å²) >= 11 is 1.84. The van der Waals surface area contributed by atoms with Crippen molar-refractivity contribution < 1.29 is 9.90 Å². The summed E-state index contributed by atoms with van der Waals surface area (Å²) in [5, 5.41) is 9.23. The quantitative estimate of drug-likeness (QED) is 0.894. The lowest BCUT2D eigenvalue weighted by atomic mass is 9.95.